The van der Waals surface area contributed by atoms with Crippen LogP contribution < -0.4 is 0 Å². The van der Waals surface area contributed by atoms with Crippen molar-refractivity contribution in [3.8, 4) is 0 Å². The Labute approximate surface area is 95.8 Å². The van der Waals surface area contributed by atoms with Gasteiger partial charge in [-0.2, -0.15) is 0 Å². The molecule has 0 aliphatic rings. The SMILES string of the molecule is CCC(=S)N(CC)N=Nc1ccccc1. The first-order valence-electron chi connectivity index (χ1n) is 5.05. The average molecular weight is 221 g/mol. The monoisotopic (exact) mass is 221 g/mol. The third-order valence-electron chi connectivity index (χ3n) is 1.91. The van der Waals surface area contributed by atoms with E-state index >= 15 is 0 Å². The van der Waals surface area contributed by atoms with Gasteiger partial charge in [0.2, 0.25) is 0 Å². The van der Waals surface area contributed by atoms with Gasteiger partial charge >= 0.3 is 0 Å². The molecule has 0 saturated carbocycles. The van der Waals surface area contributed by atoms with E-state index in [-0.39, 0.29) is 0 Å². The van der Waals surface area contributed by atoms with E-state index in [4.69, 9.17) is 12.2 Å². The van der Waals surface area contributed by atoms with Gasteiger partial charge < -0.3 is 0 Å². The van der Waals surface area contributed by atoms with Crippen molar-refractivity contribution < 1.29 is 0 Å². The Morgan fingerprint density at radius 2 is 1.93 bits per heavy atom. The minimum atomic E-state index is 0.753. The van der Waals surface area contributed by atoms with Crippen molar-refractivity contribution in [2.75, 3.05) is 6.54 Å². The number of nitrogens with zero attached hydrogens (tertiary/aromatic N) is 3. The van der Waals surface area contributed by atoms with Crippen LogP contribution in [-0.4, -0.2) is 16.5 Å². The highest BCUT2D eigenvalue weighted by atomic mass is 32.1. The molecule has 0 radical (unpaired) electrons. The fourth-order valence-corrected chi connectivity index (χ4v) is 1.24. The summed E-state index contributed by atoms with van der Waals surface area (Å²) in [5.41, 5.74) is 0.842. The predicted molar refractivity (Wildman–Crippen MR) is 66.2 cm³/mol. The van der Waals surface area contributed by atoms with Crippen LogP contribution in [0.15, 0.2) is 40.7 Å². The van der Waals surface area contributed by atoms with E-state index in [1.54, 1.807) is 5.01 Å². The van der Waals surface area contributed by atoms with Crippen molar-refractivity contribution in [2.45, 2.75) is 20.3 Å². The highest BCUT2D eigenvalue weighted by Gasteiger charge is 2.02. The molecule has 0 aromatic heterocycles. The smallest absolute Gasteiger partial charge is 0.101 e. The van der Waals surface area contributed by atoms with Gasteiger partial charge in [-0.25, -0.2) is 5.01 Å². The van der Waals surface area contributed by atoms with Crippen molar-refractivity contribution >= 4 is 22.9 Å². The molecule has 1 aromatic carbocycles. The summed E-state index contributed by atoms with van der Waals surface area (Å²) >= 11 is 5.16. The van der Waals surface area contributed by atoms with Gasteiger partial charge in [0.1, 0.15) is 4.99 Å². The van der Waals surface area contributed by atoms with Crippen LogP contribution in [-0.2, 0) is 0 Å². The molecule has 1 aromatic rings. The fourth-order valence-electron chi connectivity index (χ4n) is 1.07. The van der Waals surface area contributed by atoms with Crippen molar-refractivity contribution in [1.82, 2.24) is 5.01 Å². The van der Waals surface area contributed by atoms with Crippen LogP contribution in [0.2, 0.25) is 0 Å². The third-order valence-corrected chi connectivity index (χ3v) is 2.41. The molecule has 0 saturated heterocycles. The summed E-state index contributed by atoms with van der Waals surface area (Å²) in [6, 6.07) is 9.64. The summed E-state index contributed by atoms with van der Waals surface area (Å²) < 4.78 is 0. The molecule has 1 rings (SSSR count). The summed E-state index contributed by atoms with van der Waals surface area (Å²) in [7, 11) is 0. The molecule has 0 amide bonds. The Kier molecular flexibility index (Phi) is 4.90. The summed E-state index contributed by atoms with van der Waals surface area (Å²) in [5, 5.41) is 9.95. The molecule has 0 fully saturated rings. The molecule has 0 spiro atoms. The second kappa shape index (κ2) is 6.24. The Morgan fingerprint density at radius 3 is 2.47 bits per heavy atom. The van der Waals surface area contributed by atoms with Crippen molar-refractivity contribution in [1.29, 1.82) is 0 Å². The Hall–Kier alpha value is -1.29. The lowest BCUT2D eigenvalue weighted by molar-refractivity contribution is 0.441. The number of hydrogen-bond donors (Lipinski definition) is 0. The molecule has 3 nitrogen and oxygen atoms in total. The molecule has 0 aliphatic heterocycles. The second-order valence-electron chi connectivity index (χ2n) is 2.99. The van der Waals surface area contributed by atoms with Gasteiger partial charge in [-0.3, -0.25) is 0 Å². The number of benzene rings is 1. The molecular weight excluding hydrogens is 206 g/mol. The van der Waals surface area contributed by atoms with Gasteiger partial charge in [0.05, 0.1) is 5.69 Å². The molecule has 4 heteroatoms. The van der Waals surface area contributed by atoms with Crippen molar-refractivity contribution in [3.63, 3.8) is 0 Å². The van der Waals surface area contributed by atoms with E-state index in [0.29, 0.717) is 0 Å². The first-order valence-corrected chi connectivity index (χ1v) is 5.45. The summed E-state index contributed by atoms with van der Waals surface area (Å²) in [6.45, 7) is 4.78. The van der Waals surface area contributed by atoms with Gasteiger partial charge in [-0.05, 0) is 25.5 Å². The highest BCUT2D eigenvalue weighted by molar-refractivity contribution is 7.80. The number of hydrogen-bond acceptors (Lipinski definition) is 3. The number of thiocarbonyl (C=S) groups is 1. The molecular formula is C11H15N3S. The Morgan fingerprint density at radius 1 is 1.27 bits per heavy atom. The van der Waals surface area contributed by atoms with Gasteiger partial charge in [-0.1, -0.05) is 42.6 Å². The lowest BCUT2D eigenvalue weighted by Gasteiger charge is -2.14. The standard InChI is InChI=1S/C11H15N3S/c1-3-11(15)14(4-2)13-12-10-8-6-5-7-9-10/h5-9H,3-4H2,1-2H3. The van der Waals surface area contributed by atoms with E-state index in [2.05, 4.69) is 10.3 Å². The van der Waals surface area contributed by atoms with E-state index < -0.39 is 0 Å². The topological polar surface area (TPSA) is 28.0 Å². The maximum atomic E-state index is 5.16. The van der Waals surface area contributed by atoms with Crippen LogP contribution in [0.25, 0.3) is 0 Å². The Bertz CT molecular complexity index is 335. The summed E-state index contributed by atoms with van der Waals surface area (Å²) in [5.74, 6) is 0. The van der Waals surface area contributed by atoms with Crippen LogP contribution in [0.3, 0.4) is 0 Å². The van der Waals surface area contributed by atoms with E-state index in [0.717, 1.165) is 23.6 Å². The first-order chi connectivity index (χ1) is 7.27. The van der Waals surface area contributed by atoms with Crippen molar-refractivity contribution in [3.05, 3.63) is 30.3 Å². The minimum absolute atomic E-state index is 0.753. The van der Waals surface area contributed by atoms with E-state index in [1.807, 2.05) is 44.2 Å². The molecule has 0 aliphatic carbocycles. The summed E-state index contributed by atoms with van der Waals surface area (Å²) in [4.78, 5) is 0.817. The molecule has 0 atom stereocenters. The molecule has 0 unspecified atom stereocenters. The van der Waals surface area contributed by atoms with Crippen LogP contribution in [0.5, 0.6) is 0 Å². The van der Waals surface area contributed by atoms with Crippen molar-refractivity contribution in [2.24, 2.45) is 10.3 Å². The minimum Gasteiger partial charge on any atom is -0.241 e. The zero-order valence-electron chi connectivity index (χ0n) is 9.05. The summed E-state index contributed by atoms with van der Waals surface area (Å²) in [6.07, 6.45) is 0.816. The maximum Gasteiger partial charge on any atom is 0.101 e. The zero-order valence-corrected chi connectivity index (χ0v) is 9.87. The maximum absolute atomic E-state index is 5.16. The lowest BCUT2D eigenvalue weighted by atomic mass is 10.3. The largest absolute Gasteiger partial charge is 0.241 e. The fraction of sp³-hybridized carbons (Fsp3) is 0.364. The highest BCUT2D eigenvalue weighted by Crippen LogP contribution is 2.11. The first kappa shape index (κ1) is 11.8. The molecule has 0 N–H and O–H groups in total. The third kappa shape index (κ3) is 3.75. The lowest BCUT2D eigenvalue weighted by Crippen LogP contribution is -2.22. The number of rotatable bonds is 4. The van der Waals surface area contributed by atoms with Gasteiger partial charge in [0.25, 0.3) is 0 Å². The molecule has 0 bridgehead atoms. The Balaban J connectivity index is 2.67. The van der Waals surface area contributed by atoms with Gasteiger partial charge in [0.15, 0.2) is 0 Å². The second-order valence-corrected chi connectivity index (χ2v) is 3.46. The van der Waals surface area contributed by atoms with Gasteiger partial charge in [-0.15, -0.1) is 5.11 Å². The van der Waals surface area contributed by atoms with Crippen LogP contribution in [0, 0.1) is 0 Å². The van der Waals surface area contributed by atoms with E-state index in [1.165, 1.54) is 0 Å². The van der Waals surface area contributed by atoms with Crippen LogP contribution in [0.4, 0.5) is 5.69 Å². The van der Waals surface area contributed by atoms with Crippen LogP contribution >= 0.6 is 12.2 Å². The normalized spacial score (nSPS) is 10.5. The van der Waals surface area contributed by atoms with Gasteiger partial charge in [0, 0.05) is 6.54 Å². The quantitative estimate of drug-likeness (QED) is 0.440. The van der Waals surface area contributed by atoms with Crippen LogP contribution in [0.1, 0.15) is 20.3 Å². The molecule has 15 heavy (non-hydrogen) atoms. The van der Waals surface area contributed by atoms with E-state index in [9.17, 15) is 0 Å². The zero-order chi connectivity index (χ0) is 11.1. The predicted octanol–water partition coefficient (Wildman–Crippen LogP) is 3.74. The molecule has 80 valence electrons. The average Bonchev–Trinajstić information content (AvgIpc) is 2.31. The molecule has 0 heterocycles.